The molecule has 0 bridgehead atoms. The highest BCUT2D eigenvalue weighted by Gasteiger charge is 2.34. The molecule has 0 saturated carbocycles. The van der Waals surface area contributed by atoms with Crippen LogP contribution in [0.4, 0.5) is 5.69 Å². The minimum atomic E-state index is -0.343. The Morgan fingerprint density at radius 2 is 1.82 bits per heavy atom. The molecule has 1 aliphatic rings. The lowest BCUT2D eigenvalue weighted by Gasteiger charge is -2.17. The first-order chi connectivity index (χ1) is 13.6. The van der Waals surface area contributed by atoms with Crippen molar-refractivity contribution in [2.24, 2.45) is 5.92 Å². The van der Waals surface area contributed by atoms with Gasteiger partial charge in [-0.2, -0.15) is 0 Å². The minimum absolute atomic E-state index is 0.00823. The van der Waals surface area contributed by atoms with Gasteiger partial charge in [0, 0.05) is 30.6 Å². The van der Waals surface area contributed by atoms with Gasteiger partial charge in [-0.25, -0.2) is 0 Å². The Kier molecular flexibility index (Phi) is 4.98. The average molecular weight is 374 g/mol. The number of hydrogen-bond donors (Lipinski definition) is 1. The summed E-state index contributed by atoms with van der Waals surface area (Å²) in [6.07, 6.45) is 0.243. The van der Waals surface area contributed by atoms with Gasteiger partial charge in [0.05, 0.1) is 13.0 Å². The summed E-state index contributed by atoms with van der Waals surface area (Å²) in [4.78, 5) is 26.9. The molecule has 1 unspecified atom stereocenters. The van der Waals surface area contributed by atoms with Crippen molar-refractivity contribution in [2.45, 2.75) is 13.0 Å². The van der Waals surface area contributed by atoms with Crippen molar-refractivity contribution in [3.8, 4) is 5.75 Å². The Morgan fingerprint density at radius 3 is 2.61 bits per heavy atom. The molecule has 3 aromatic rings. The largest absolute Gasteiger partial charge is 0.497 e. The van der Waals surface area contributed by atoms with E-state index >= 15 is 0 Å². The Hall–Kier alpha value is -3.34. The summed E-state index contributed by atoms with van der Waals surface area (Å²) in [5, 5.41) is 5.08. The monoisotopic (exact) mass is 374 g/mol. The third-order valence-corrected chi connectivity index (χ3v) is 5.17. The number of nitrogens with zero attached hydrogens (tertiary/aromatic N) is 1. The van der Waals surface area contributed by atoms with Crippen molar-refractivity contribution in [1.82, 2.24) is 4.90 Å². The fourth-order valence-electron chi connectivity index (χ4n) is 3.62. The number of hydrogen-bond acceptors (Lipinski definition) is 3. The second-order valence-corrected chi connectivity index (χ2v) is 7.04. The second-order valence-electron chi connectivity index (χ2n) is 7.04. The second kappa shape index (κ2) is 7.72. The number of nitrogens with one attached hydrogen (secondary N) is 1. The number of ether oxygens (including phenoxy) is 1. The van der Waals surface area contributed by atoms with Crippen molar-refractivity contribution >= 4 is 28.3 Å². The number of rotatable bonds is 5. The molecule has 1 heterocycles. The summed E-state index contributed by atoms with van der Waals surface area (Å²) in [5.74, 6) is 0.337. The van der Waals surface area contributed by atoms with Gasteiger partial charge in [0.15, 0.2) is 0 Å². The first-order valence-electron chi connectivity index (χ1n) is 9.33. The summed E-state index contributed by atoms with van der Waals surface area (Å²) in [6.45, 7) is 0.933. The SMILES string of the molecule is COc1ccc(CN2CC(C(=O)Nc3cccc4ccccc34)CC2=O)cc1. The van der Waals surface area contributed by atoms with E-state index in [1.54, 1.807) is 12.0 Å². The molecule has 1 N–H and O–H groups in total. The van der Waals surface area contributed by atoms with Crippen LogP contribution < -0.4 is 10.1 Å². The summed E-state index contributed by atoms with van der Waals surface area (Å²) in [6, 6.07) is 21.4. The number of likely N-dealkylation sites (tertiary alicyclic amines) is 1. The molecule has 0 radical (unpaired) electrons. The van der Waals surface area contributed by atoms with E-state index in [1.807, 2.05) is 66.7 Å². The van der Waals surface area contributed by atoms with Gasteiger partial charge in [0.1, 0.15) is 5.75 Å². The number of carbonyl (C=O) groups excluding carboxylic acids is 2. The maximum Gasteiger partial charge on any atom is 0.229 e. The lowest BCUT2D eigenvalue weighted by Crippen LogP contribution is -2.28. The molecule has 2 amide bonds. The molecule has 5 heteroatoms. The van der Waals surface area contributed by atoms with Gasteiger partial charge >= 0.3 is 0 Å². The maximum absolute atomic E-state index is 12.8. The molecular formula is C23H22N2O3. The zero-order valence-corrected chi connectivity index (χ0v) is 15.7. The number of methoxy groups -OCH3 is 1. The molecule has 0 spiro atoms. The molecule has 28 heavy (non-hydrogen) atoms. The number of carbonyl (C=O) groups is 2. The maximum atomic E-state index is 12.8. The minimum Gasteiger partial charge on any atom is -0.497 e. The number of anilines is 1. The lowest BCUT2D eigenvalue weighted by molar-refractivity contribution is -0.128. The van der Waals surface area contributed by atoms with E-state index in [4.69, 9.17) is 4.74 Å². The smallest absolute Gasteiger partial charge is 0.229 e. The van der Waals surface area contributed by atoms with E-state index in [9.17, 15) is 9.59 Å². The Balaban J connectivity index is 1.43. The summed E-state index contributed by atoms with van der Waals surface area (Å²) < 4.78 is 5.16. The van der Waals surface area contributed by atoms with E-state index in [0.29, 0.717) is 13.1 Å². The molecule has 1 atom stereocenters. The predicted octanol–water partition coefficient (Wildman–Crippen LogP) is 3.84. The molecule has 5 nitrogen and oxygen atoms in total. The van der Waals surface area contributed by atoms with Crippen LogP contribution in [0.1, 0.15) is 12.0 Å². The zero-order chi connectivity index (χ0) is 19.5. The van der Waals surface area contributed by atoms with E-state index in [1.165, 1.54) is 0 Å². The molecule has 1 saturated heterocycles. The van der Waals surface area contributed by atoms with Crippen LogP contribution in [0.5, 0.6) is 5.75 Å². The van der Waals surface area contributed by atoms with Crippen LogP contribution >= 0.6 is 0 Å². The van der Waals surface area contributed by atoms with E-state index in [2.05, 4.69) is 5.32 Å². The molecule has 3 aromatic carbocycles. The van der Waals surface area contributed by atoms with Crippen molar-refractivity contribution in [2.75, 3.05) is 19.0 Å². The van der Waals surface area contributed by atoms with Gasteiger partial charge in [0.2, 0.25) is 11.8 Å². The van der Waals surface area contributed by atoms with Gasteiger partial charge in [-0.15, -0.1) is 0 Å². The summed E-state index contributed by atoms with van der Waals surface area (Å²) in [5.41, 5.74) is 1.80. The van der Waals surface area contributed by atoms with Gasteiger partial charge < -0.3 is 15.0 Å². The summed E-state index contributed by atoms with van der Waals surface area (Å²) >= 11 is 0. The third kappa shape index (κ3) is 3.69. The van der Waals surface area contributed by atoms with E-state index in [0.717, 1.165) is 27.8 Å². The van der Waals surface area contributed by atoms with Crippen LogP contribution in [-0.2, 0) is 16.1 Å². The highest BCUT2D eigenvalue weighted by molar-refractivity contribution is 6.04. The van der Waals surface area contributed by atoms with Crippen molar-refractivity contribution in [1.29, 1.82) is 0 Å². The highest BCUT2D eigenvalue weighted by Crippen LogP contribution is 2.26. The van der Waals surface area contributed by atoms with Gasteiger partial charge in [-0.3, -0.25) is 9.59 Å². The van der Waals surface area contributed by atoms with Gasteiger partial charge in [0.25, 0.3) is 0 Å². The molecule has 0 aliphatic carbocycles. The molecule has 142 valence electrons. The Labute approximate surface area is 163 Å². The van der Waals surface area contributed by atoms with Crippen LogP contribution in [-0.4, -0.2) is 30.4 Å². The van der Waals surface area contributed by atoms with Crippen molar-refractivity contribution in [3.05, 3.63) is 72.3 Å². The standard InChI is InChI=1S/C23H22N2O3/c1-28-19-11-9-16(10-12-19)14-25-15-18(13-22(25)26)23(27)24-21-8-4-6-17-5-2-3-7-20(17)21/h2-12,18H,13-15H2,1H3,(H,24,27). The highest BCUT2D eigenvalue weighted by atomic mass is 16.5. The van der Waals surface area contributed by atoms with Crippen molar-refractivity contribution < 1.29 is 14.3 Å². The van der Waals surface area contributed by atoms with Gasteiger partial charge in [-0.1, -0.05) is 48.5 Å². The van der Waals surface area contributed by atoms with Crippen LogP contribution in [0.3, 0.4) is 0 Å². The topological polar surface area (TPSA) is 58.6 Å². The van der Waals surface area contributed by atoms with Crippen molar-refractivity contribution in [3.63, 3.8) is 0 Å². The average Bonchev–Trinajstić information content (AvgIpc) is 3.09. The fourth-order valence-corrected chi connectivity index (χ4v) is 3.62. The van der Waals surface area contributed by atoms with Crippen LogP contribution in [0.15, 0.2) is 66.7 Å². The van der Waals surface area contributed by atoms with Crippen LogP contribution in [0.2, 0.25) is 0 Å². The molecule has 4 rings (SSSR count). The summed E-state index contributed by atoms with van der Waals surface area (Å²) in [7, 11) is 1.62. The molecule has 0 aromatic heterocycles. The number of amides is 2. The van der Waals surface area contributed by atoms with E-state index in [-0.39, 0.29) is 24.2 Å². The van der Waals surface area contributed by atoms with E-state index < -0.39 is 0 Å². The Morgan fingerprint density at radius 1 is 1.07 bits per heavy atom. The predicted molar refractivity (Wildman–Crippen MR) is 109 cm³/mol. The first-order valence-corrected chi connectivity index (χ1v) is 9.33. The zero-order valence-electron chi connectivity index (χ0n) is 15.7. The third-order valence-electron chi connectivity index (χ3n) is 5.17. The van der Waals surface area contributed by atoms with Crippen LogP contribution in [0.25, 0.3) is 10.8 Å². The Bertz CT molecular complexity index is 1010. The van der Waals surface area contributed by atoms with Gasteiger partial charge in [-0.05, 0) is 29.1 Å². The first kappa shape index (κ1) is 18.0. The quantitative estimate of drug-likeness (QED) is 0.738. The van der Waals surface area contributed by atoms with Crippen LogP contribution in [0, 0.1) is 5.92 Å². The fraction of sp³-hybridized carbons (Fsp3) is 0.217. The normalized spacial score (nSPS) is 16.4. The molecule has 1 aliphatic heterocycles. The molecular weight excluding hydrogens is 352 g/mol. The molecule has 1 fully saturated rings. The lowest BCUT2D eigenvalue weighted by atomic mass is 10.1. The number of benzene rings is 3. The number of fused-ring (bicyclic) bond motifs is 1.